The Morgan fingerprint density at radius 3 is 2.71 bits per heavy atom. The summed E-state index contributed by atoms with van der Waals surface area (Å²) in [5, 5.41) is 7.40. The second kappa shape index (κ2) is 6.25. The smallest absolute Gasteiger partial charge is 0.123 e. The minimum Gasteiger partial charge on any atom is -0.488 e. The summed E-state index contributed by atoms with van der Waals surface area (Å²) in [5.74, 6) is 0.858. The van der Waals surface area contributed by atoms with Crippen molar-refractivity contribution < 1.29 is 9.47 Å². The van der Waals surface area contributed by atoms with E-state index in [2.05, 4.69) is 0 Å². The number of amidine groups is 1. The minimum atomic E-state index is 0.0116. The molecule has 0 fully saturated rings. The fourth-order valence-corrected chi connectivity index (χ4v) is 1.56. The molecule has 0 saturated heterocycles. The molecule has 1 rings (SSSR count). The zero-order valence-corrected chi connectivity index (χ0v) is 10.6. The predicted octanol–water partition coefficient (Wildman–Crippen LogP) is 2.08. The van der Waals surface area contributed by atoms with Crippen LogP contribution in [0.1, 0.15) is 25.0 Å². The number of ether oxygens (including phenoxy) is 2. The average Bonchev–Trinajstić information content (AvgIpc) is 2.26. The van der Waals surface area contributed by atoms with E-state index in [1.807, 2.05) is 32.9 Å². The predicted molar refractivity (Wildman–Crippen MR) is 68.8 cm³/mol. The molecule has 0 aliphatic heterocycles. The molecule has 1 aromatic carbocycles. The van der Waals surface area contributed by atoms with Gasteiger partial charge in [-0.05, 0) is 44.5 Å². The first-order chi connectivity index (χ1) is 8.04. The number of aryl methyl sites for hydroxylation is 1. The molecule has 0 saturated carbocycles. The molecule has 0 spiro atoms. The van der Waals surface area contributed by atoms with Crippen molar-refractivity contribution in [3.05, 3.63) is 29.3 Å². The lowest BCUT2D eigenvalue weighted by atomic mass is 10.1. The van der Waals surface area contributed by atoms with Crippen molar-refractivity contribution in [2.45, 2.75) is 26.9 Å². The highest BCUT2D eigenvalue weighted by Crippen LogP contribution is 2.18. The lowest BCUT2D eigenvalue weighted by Crippen LogP contribution is -2.19. The van der Waals surface area contributed by atoms with Crippen molar-refractivity contribution in [3.8, 4) is 5.75 Å². The second-order valence-corrected chi connectivity index (χ2v) is 3.98. The van der Waals surface area contributed by atoms with E-state index in [0.717, 1.165) is 16.9 Å². The van der Waals surface area contributed by atoms with E-state index in [1.54, 1.807) is 6.07 Å². The van der Waals surface area contributed by atoms with Gasteiger partial charge in [-0.2, -0.15) is 0 Å². The number of nitrogens with two attached hydrogens (primary N) is 1. The van der Waals surface area contributed by atoms with Gasteiger partial charge in [-0.1, -0.05) is 0 Å². The van der Waals surface area contributed by atoms with Crippen LogP contribution in [0, 0.1) is 12.3 Å². The van der Waals surface area contributed by atoms with Crippen LogP contribution in [0.3, 0.4) is 0 Å². The number of rotatable bonds is 6. The van der Waals surface area contributed by atoms with Crippen LogP contribution in [-0.4, -0.2) is 25.2 Å². The Bertz CT molecular complexity index is 391. The summed E-state index contributed by atoms with van der Waals surface area (Å²) in [6.07, 6.45) is 0.0116. The van der Waals surface area contributed by atoms with Crippen molar-refractivity contribution in [1.29, 1.82) is 5.41 Å². The van der Waals surface area contributed by atoms with Gasteiger partial charge >= 0.3 is 0 Å². The Morgan fingerprint density at radius 2 is 2.18 bits per heavy atom. The summed E-state index contributed by atoms with van der Waals surface area (Å²) < 4.78 is 11.0. The highest BCUT2D eigenvalue weighted by atomic mass is 16.5. The highest BCUT2D eigenvalue weighted by Gasteiger charge is 2.07. The Morgan fingerprint density at radius 1 is 1.47 bits per heavy atom. The summed E-state index contributed by atoms with van der Waals surface area (Å²) in [7, 11) is 0. The molecule has 17 heavy (non-hydrogen) atoms. The molecule has 1 aromatic rings. The standard InChI is InChI=1S/C13H20N2O2/c1-4-16-8-10(3)17-11-5-6-12(13(14)15)9(2)7-11/h5-7,10H,4,8H2,1-3H3,(H3,14,15). The zero-order chi connectivity index (χ0) is 12.8. The molecule has 4 nitrogen and oxygen atoms in total. The molecule has 94 valence electrons. The van der Waals surface area contributed by atoms with Crippen LogP contribution in [-0.2, 0) is 4.74 Å². The Labute approximate surface area is 102 Å². The van der Waals surface area contributed by atoms with Crippen molar-refractivity contribution in [2.24, 2.45) is 5.73 Å². The topological polar surface area (TPSA) is 68.3 Å². The lowest BCUT2D eigenvalue weighted by molar-refractivity contribution is 0.0657. The van der Waals surface area contributed by atoms with Gasteiger partial charge in [0.05, 0.1) is 6.61 Å². The molecule has 0 aliphatic carbocycles. The molecule has 3 N–H and O–H groups in total. The summed E-state index contributed by atoms with van der Waals surface area (Å²) in [4.78, 5) is 0. The van der Waals surface area contributed by atoms with Gasteiger partial charge in [-0.3, -0.25) is 5.41 Å². The average molecular weight is 236 g/mol. The monoisotopic (exact) mass is 236 g/mol. The first-order valence-corrected chi connectivity index (χ1v) is 5.74. The molecule has 0 aromatic heterocycles. The van der Waals surface area contributed by atoms with Crippen LogP contribution < -0.4 is 10.5 Å². The Hall–Kier alpha value is -1.55. The molecule has 4 heteroatoms. The maximum absolute atomic E-state index is 7.40. The molecule has 0 amide bonds. The van der Waals surface area contributed by atoms with Gasteiger partial charge in [-0.15, -0.1) is 0 Å². The van der Waals surface area contributed by atoms with Crippen molar-refractivity contribution in [1.82, 2.24) is 0 Å². The minimum absolute atomic E-state index is 0.0116. The second-order valence-electron chi connectivity index (χ2n) is 3.98. The third-order valence-electron chi connectivity index (χ3n) is 2.38. The van der Waals surface area contributed by atoms with Gasteiger partial charge in [0.2, 0.25) is 0 Å². The van der Waals surface area contributed by atoms with E-state index in [0.29, 0.717) is 13.2 Å². The van der Waals surface area contributed by atoms with E-state index in [1.165, 1.54) is 0 Å². The van der Waals surface area contributed by atoms with Crippen LogP contribution in [0.15, 0.2) is 18.2 Å². The Kier molecular flexibility index (Phi) is 4.97. The van der Waals surface area contributed by atoms with Gasteiger partial charge in [-0.25, -0.2) is 0 Å². The van der Waals surface area contributed by atoms with Crippen LogP contribution >= 0.6 is 0 Å². The van der Waals surface area contributed by atoms with Crippen LogP contribution in [0.5, 0.6) is 5.75 Å². The van der Waals surface area contributed by atoms with E-state index < -0.39 is 0 Å². The quantitative estimate of drug-likeness (QED) is 0.587. The third kappa shape index (κ3) is 4.07. The summed E-state index contributed by atoms with van der Waals surface area (Å²) in [6, 6.07) is 5.52. The molecular weight excluding hydrogens is 216 g/mol. The maximum Gasteiger partial charge on any atom is 0.123 e. The Balaban J connectivity index is 2.67. The van der Waals surface area contributed by atoms with E-state index in [9.17, 15) is 0 Å². The van der Waals surface area contributed by atoms with Crippen LogP contribution in [0.4, 0.5) is 0 Å². The van der Waals surface area contributed by atoms with Crippen molar-refractivity contribution in [3.63, 3.8) is 0 Å². The largest absolute Gasteiger partial charge is 0.488 e. The summed E-state index contributed by atoms with van der Waals surface area (Å²) >= 11 is 0. The molecule has 1 atom stereocenters. The maximum atomic E-state index is 7.40. The van der Waals surface area contributed by atoms with Gasteiger partial charge in [0.25, 0.3) is 0 Å². The first kappa shape index (κ1) is 13.5. The summed E-state index contributed by atoms with van der Waals surface area (Å²) in [5.41, 5.74) is 7.14. The summed E-state index contributed by atoms with van der Waals surface area (Å²) in [6.45, 7) is 7.10. The van der Waals surface area contributed by atoms with Crippen LogP contribution in [0.25, 0.3) is 0 Å². The fourth-order valence-electron chi connectivity index (χ4n) is 1.56. The molecule has 0 aliphatic rings. The number of hydrogen-bond donors (Lipinski definition) is 2. The number of nitrogens with one attached hydrogen (secondary N) is 1. The zero-order valence-electron chi connectivity index (χ0n) is 10.6. The number of nitrogen functional groups attached to an aromatic ring is 1. The van der Waals surface area contributed by atoms with Gasteiger partial charge in [0.15, 0.2) is 0 Å². The molecule has 1 unspecified atom stereocenters. The highest BCUT2D eigenvalue weighted by molar-refractivity contribution is 5.96. The van der Waals surface area contributed by atoms with E-state index in [4.69, 9.17) is 20.6 Å². The third-order valence-corrected chi connectivity index (χ3v) is 2.38. The SMILES string of the molecule is CCOCC(C)Oc1ccc(C(=N)N)c(C)c1. The van der Waals surface area contributed by atoms with E-state index >= 15 is 0 Å². The molecule has 0 bridgehead atoms. The molecule has 0 radical (unpaired) electrons. The van der Waals surface area contributed by atoms with Crippen molar-refractivity contribution >= 4 is 5.84 Å². The molecule has 0 heterocycles. The lowest BCUT2D eigenvalue weighted by Gasteiger charge is -2.15. The van der Waals surface area contributed by atoms with Gasteiger partial charge in [0, 0.05) is 12.2 Å². The van der Waals surface area contributed by atoms with Gasteiger partial charge in [0.1, 0.15) is 17.7 Å². The number of benzene rings is 1. The van der Waals surface area contributed by atoms with E-state index in [-0.39, 0.29) is 11.9 Å². The fraction of sp³-hybridized carbons (Fsp3) is 0.462. The first-order valence-electron chi connectivity index (χ1n) is 5.74. The molecular formula is C13H20N2O2. The van der Waals surface area contributed by atoms with Crippen LogP contribution in [0.2, 0.25) is 0 Å². The van der Waals surface area contributed by atoms with Gasteiger partial charge < -0.3 is 15.2 Å². The number of hydrogen-bond acceptors (Lipinski definition) is 3. The normalized spacial score (nSPS) is 12.2. The van der Waals surface area contributed by atoms with Crippen molar-refractivity contribution in [2.75, 3.05) is 13.2 Å².